The monoisotopic (exact) mass is 418 g/mol. The zero-order chi connectivity index (χ0) is 15.6. The van der Waals surface area contributed by atoms with Crippen LogP contribution in [0.4, 0.5) is 0 Å². The molecule has 0 unspecified atom stereocenters. The second-order valence-corrected chi connectivity index (χ2v) is 20.4. The zero-order valence-electron chi connectivity index (χ0n) is 14.5. The van der Waals surface area contributed by atoms with Crippen LogP contribution in [-0.2, 0) is 11.3 Å². The molecule has 1 nitrogen and oxygen atoms in total. The molecule has 0 fully saturated rings. The maximum absolute atomic E-state index is 5.48. The van der Waals surface area contributed by atoms with Crippen LogP contribution >= 0.6 is 11.3 Å². The molecule has 21 heavy (non-hydrogen) atoms. The van der Waals surface area contributed by atoms with E-state index in [1.807, 2.05) is 22.0 Å². The summed E-state index contributed by atoms with van der Waals surface area (Å²) in [5.41, 5.74) is 0. The van der Waals surface area contributed by atoms with Crippen molar-refractivity contribution >= 4 is 33.3 Å². The third-order valence-electron chi connectivity index (χ3n) is 4.62. The molecular weight excluding hydrogens is 383 g/mol. The van der Waals surface area contributed by atoms with Gasteiger partial charge in [0.1, 0.15) is 0 Å². The molecule has 1 rings (SSSR count). The van der Waals surface area contributed by atoms with Crippen LogP contribution in [0, 0.1) is 0 Å². The van der Waals surface area contributed by atoms with Gasteiger partial charge < -0.3 is 0 Å². The number of thiophene rings is 1. The minimum atomic E-state index is -2.22. The van der Waals surface area contributed by atoms with Gasteiger partial charge in [-0.15, -0.1) is 0 Å². The molecule has 3 heteroatoms. The van der Waals surface area contributed by atoms with E-state index in [4.69, 9.17) is 4.74 Å². The summed E-state index contributed by atoms with van der Waals surface area (Å²) in [6.45, 7) is 7.87. The Labute approximate surface area is 140 Å². The average Bonchev–Trinajstić information content (AvgIpc) is 2.96. The number of ether oxygens (including phenoxy) is 1. The molecule has 0 saturated carbocycles. The Balaban J connectivity index is 3.06. The van der Waals surface area contributed by atoms with Crippen molar-refractivity contribution in [2.24, 2.45) is 0 Å². The Morgan fingerprint density at radius 2 is 1.48 bits per heavy atom. The van der Waals surface area contributed by atoms with Gasteiger partial charge in [0.25, 0.3) is 0 Å². The van der Waals surface area contributed by atoms with Crippen LogP contribution in [0.15, 0.2) is 11.4 Å². The van der Waals surface area contributed by atoms with Gasteiger partial charge in [0, 0.05) is 0 Å². The van der Waals surface area contributed by atoms with Crippen molar-refractivity contribution in [3.63, 3.8) is 0 Å². The Morgan fingerprint density at radius 1 is 0.952 bits per heavy atom. The van der Waals surface area contributed by atoms with Crippen molar-refractivity contribution in [1.82, 2.24) is 0 Å². The third-order valence-corrected chi connectivity index (χ3v) is 21.9. The molecule has 1 aromatic rings. The summed E-state index contributed by atoms with van der Waals surface area (Å²) in [7, 11) is 1.84. The van der Waals surface area contributed by atoms with E-state index in [1.165, 1.54) is 38.5 Å². The second-order valence-electron chi connectivity index (χ2n) is 6.28. The number of rotatable bonds is 12. The van der Waals surface area contributed by atoms with E-state index in [9.17, 15) is 0 Å². The Kier molecular flexibility index (Phi) is 10.3. The quantitative estimate of drug-likeness (QED) is 0.382. The van der Waals surface area contributed by atoms with Crippen LogP contribution in [0.1, 0.15) is 64.2 Å². The summed E-state index contributed by atoms with van der Waals surface area (Å²) in [4.78, 5) is 1.55. The van der Waals surface area contributed by atoms with Crippen LogP contribution in [0.5, 0.6) is 0 Å². The predicted octanol–water partition coefficient (Wildman–Crippen LogP) is 5.95. The summed E-state index contributed by atoms with van der Waals surface area (Å²) in [6, 6.07) is 2.48. The van der Waals surface area contributed by atoms with Gasteiger partial charge in [-0.25, -0.2) is 0 Å². The molecule has 0 aliphatic heterocycles. The summed E-state index contributed by atoms with van der Waals surface area (Å²) < 4.78 is 12.0. The molecule has 0 aliphatic carbocycles. The first kappa shape index (κ1) is 19.5. The number of unbranched alkanes of at least 4 members (excludes halogenated alkanes) is 3. The van der Waals surface area contributed by atoms with Crippen LogP contribution in [-0.4, -0.2) is 25.5 Å². The van der Waals surface area contributed by atoms with Crippen LogP contribution in [0.2, 0.25) is 13.3 Å². The van der Waals surface area contributed by atoms with E-state index in [0.717, 1.165) is 6.61 Å². The second kappa shape index (κ2) is 11.1. The van der Waals surface area contributed by atoms with Crippen molar-refractivity contribution in [3.05, 3.63) is 16.3 Å². The van der Waals surface area contributed by atoms with Crippen molar-refractivity contribution < 1.29 is 4.74 Å². The van der Waals surface area contributed by atoms with E-state index < -0.39 is 18.4 Å². The molecule has 0 saturated heterocycles. The maximum atomic E-state index is 5.48. The van der Waals surface area contributed by atoms with Crippen molar-refractivity contribution in [1.29, 1.82) is 0 Å². The summed E-state index contributed by atoms with van der Waals surface area (Å²) in [5.74, 6) is 0. The topological polar surface area (TPSA) is 9.23 Å². The molecule has 0 N–H and O–H groups in total. The fourth-order valence-corrected chi connectivity index (χ4v) is 22.8. The van der Waals surface area contributed by atoms with Gasteiger partial charge in [-0.3, -0.25) is 0 Å². The van der Waals surface area contributed by atoms with Gasteiger partial charge in [0.15, 0.2) is 0 Å². The first-order valence-electron chi connectivity index (χ1n) is 8.79. The summed E-state index contributed by atoms with van der Waals surface area (Å²) in [5, 5.41) is 2.32. The molecule has 0 radical (unpaired) electrons. The predicted molar refractivity (Wildman–Crippen MR) is 99.6 cm³/mol. The molecule has 0 atom stereocenters. The molecule has 0 aromatic carbocycles. The number of hydrogen-bond donors (Lipinski definition) is 0. The van der Waals surface area contributed by atoms with Gasteiger partial charge in [-0.1, -0.05) is 0 Å². The van der Waals surface area contributed by atoms with Crippen molar-refractivity contribution in [2.75, 3.05) is 7.11 Å². The van der Waals surface area contributed by atoms with E-state index in [-0.39, 0.29) is 0 Å². The summed E-state index contributed by atoms with van der Waals surface area (Å²) >= 11 is -0.292. The Morgan fingerprint density at radius 3 is 1.90 bits per heavy atom. The van der Waals surface area contributed by atoms with Gasteiger partial charge >= 0.3 is 141 Å². The van der Waals surface area contributed by atoms with E-state index in [2.05, 4.69) is 32.2 Å². The molecule has 0 spiro atoms. The molecule has 1 heterocycles. The van der Waals surface area contributed by atoms with Crippen LogP contribution < -0.4 is 3.58 Å². The molecule has 0 aliphatic rings. The number of methoxy groups -OCH3 is 1. The average molecular weight is 417 g/mol. The first-order chi connectivity index (χ1) is 10.2. The summed E-state index contributed by atoms with van der Waals surface area (Å²) in [6.07, 6.45) is 8.35. The molecule has 0 amide bonds. The van der Waals surface area contributed by atoms with Gasteiger partial charge in [0.05, 0.1) is 0 Å². The molecule has 0 bridgehead atoms. The van der Waals surface area contributed by atoms with E-state index >= 15 is 0 Å². The van der Waals surface area contributed by atoms with Crippen LogP contribution in [0.3, 0.4) is 0 Å². The SMILES string of the molecule is CCC[CH2][Sn]([CH2]CCC)([CH2]CCC)[c]1ccsc1COC. The number of hydrogen-bond acceptors (Lipinski definition) is 2. The van der Waals surface area contributed by atoms with E-state index in [1.54, 1.807) is 18.2 Å². The van der Waals surface area contributed by atoms with Gasteiger partial charge in [-0.2, -0.15) is 0 Å². The molecule has 122 valence electrons. The van der Waals surface area contributed by atoms with Crippen molar-refractivity contribution in [2.45, 2.75) is 79.2 Å². The third kappa shape index (κ3) is 5.87. The molecular formula is C18H34OSSn. The Bertz CT molecular complexity index is 353. The van der Waals surface area contributed by atoms with E-state index in [0.29, 0.717) is 0 Å². The molecule has 1 aromatic heterocycles. The Hall–Kier alpha value is 0.459. The standard InChI is InChI=1S/C6H7OS.3C4H9.Sn/c1-7-5-6-3-2-4-8-6;3*1-3-4-2;/h2,4H,5H2,1H3;3*1,3-4H2,2H3;. The van der Waals surface area contributed by atoms with Crippen LogP contribution in [0.25, 0.3) is 0 Å². The fourth-order valence-electron chi connectivity index (χ4n) is 3.38. The minimum absolute atomic E-state index is 0.829. The van der Waals surface area contributed by atoms with Gasteiger partial charge in [-0.05, 0) is 0 Å². The fraction of sp³-hybridized carbons (Fsp3) is 0.778. The first-order valence-corrected chi connectivity index (χ1v) is 17.2. The normalized spacial score (nSPS) is 12.0. The van der Waals surface area contributed by atoms with Crippen molar-refractivity contribution in [3.8, 4) is 0 Å². The zero-order valence-corrected chi connectivity index (χ0v) is 18.2. The van der Waals surface area contributed by atoms with Gasteiger partial charge in [0.2, 0.25) is 0 Å².